The van der Waals surface area contributed by atoms with Gasteiger partial charge in [0.2, 0.25) is 0 Å². The number of carbonyl (C=O) groups is 1. The summed E-state index contributed by atoms with van der Waals surface area (Å²) in [5.74, 6) is -0.967. The van der Waals surface area contributed by atoms with Crippen molar-refractivity contribution in [1.82, 2.24) is 19.5 Å². The Hall–Kier alpha value is -3.27. The van der Waals surface area contributed by atoms with Gasteiger partial charge in [-0.15, -0.1) is 0 Å². The maximum absolute atomic E-state index is 11.8. The van der Waals surface area contributed by atoms with Crippen LogP contribution in [0.5, 0.6) is 0 Å². The van der Waals surface area contributed by atoms with E-state index in [-0.39, 0.29) is 18.8 Å². The summed E-state index contributed by atoms with van der Waals surface area (Å²) in [6, 6.07) is 5.91. The Morgan fingerprint density at radius 3 is 2.77 bits per heavy atom. The van der Waals surface area contributed by atoms with Crippen molar-refractivity contribution in [3.8, 4) is 6.07 Å². The summed E-state index contributed by atoms with van der Waals surface area (Å²) < 4.78 is 18.0. The second-order valence-electron chi connectivity index (χ2n) is 8.97. The van der Waals surface area contributed by atoms with Crippen molar-refractivity contribution in [2.45, 2.75) is 70.6 Å². The van der Waals surface area contributed by atoms with Gasteiger partial charge in [0, 0.05) is 14.1 Å². The first-order chi connectivity index (χ1) is 16.4. The molecule has 3 atom stereocenters. The van der Waals surface area contributed by atoms with Crippen molar-refractivity contribution >= 4 is 23.8 Å². The van der Waals surface area contributed by atoms with Crippen LogP contribution in [0.3, 0.4) is 0 Å². The van der Waals surface area contributed by atoms with Crippen LogP contribution >= 0.6 is 0 Å². The van der Waals surface area contributed by atoms with Crippen molar-refractivity contribution in [3.05, 3.63) is 24.2 Å². The second kappa shape index (κ2) is 11.9. The number of rotatable bonds is 7. The zero-order chi connectivity index (χ0) is 26.2. The maximum Gasteiger partial charge on any atom is 0.508 e. The third-order valence-electron chi connectivity index (χ3n) is 4.88. The molecule has 192 valence electrons. The number of ether oxygens (including phenoxy) is 3. The van der Waals surface area contributed by atoms with Crippen LogP contribution in [-0.2, 0) is 14.2 Å². The smallest absolute Gasteiger partial charge is 0.431 e. The molecule has 35 heavy (non-hydrogen) atoms. The first-order valence-corrected chi connectivity index (χ1v) is 11.3. The minimum atomic E-state index is -1.50. The van der Waals surface area contributed by atoms with Crippen molar-refractivity contribution in [2.75, 3.05) is 20.7 Å². The average molecular weight is 491 g/mol. The van der Waals surface area contributed by atoms with Crippen molar-refractivity contribution < 1.29 is 29.2 Å². The minimum absolute atomic E-state index is 0.189. The Morgan fingerprint density at radius 1 is 1.49 bits per heavy atom. The number of nitriles is 1. The van der Waals surface area contributed by atoms with Crippen molar-refractivity contribution in [2.24, 2.45) is 4.99 Å². The molecule has 1 aliphatic rings. The predicted molar refractivity (Wildman–Crippen MR) is 127 cm³/mol. The van der Waals surface area contributed by atoms with E-state index in [0.717, 1.165) is 11.2 Å². The molecule has 2 aromatic heterocycles. The molecule has 1 fully saturated rings. The first-order valence-electron chi connectivity index (χ1n) is 11.3. The molecular formula is C23H34N6O6. The van der Waals surface area contributed by atoms with Gasteiger partial charge in [-0.25, -0.2) is 19.3 Å². The summed E-state index contributed by atoms with van der Waals surface area (Å²) in [4.78, 5) is 22.2. The summed E-state index contributed by atoms with van der Waals surface area (Å²) >= 11 is 0. The Kier molecular flexibility index (Phi) is 9.53. The standard InChI is InChI=1S/C20H26N6O4.C3H8O2/c1-5-14(2)29-19(27)28-11-20(10-21)9-8-17(30-20)15-6-7-16-18(23-13-25(3)4)22-12-24-26(15)16;1-3(2,4)5/h6-7,12-14,17H,5,8-9,11H2,1-4H3;4-5H,1-2H3. The van der Waals surface area contributed by atoms with E-state index in [9.17, 15) is 10.1 Å². The summed E-state index contributed by atoms with van der Waals surface area (Å²) in [5, 5.41) is 30.2. The monoisotopic (exact) mass is 490 g/mol. The highest BCUT2D eigenvalue weighted by molar-refractivity contribution is 5.70. The highest BCUT2D eigenvalue weighted by Crippen LogP contribution is 2.40. The van der Waals surface area contributed by atoms with Gasteiger partial charge in [0.05, 0.1) is 12.0 Å². The number of hydrogen-bond donors (Lipinski definition) is 2. The van der Waals surface area contributed by atoms with Crippen LogP contribution in [0.15, 0.2) is 23.5 Å². The molecule has 2 aromatic rings. The van der Waals surface area contributed by atoms with E-state index in [1.54, 1.807) is 17.8 Å². The molecule has 3 heterocycles. The molecule has 0 amide bonds. The number of hydrogen-bond acceptors (Lipinski definition) is 10. The van der Waals surface area contributed by atoms with Gasteiger partial charge in [-0.05, 0) is 52.2 Å². The van der Waals surface area contributed by atoms with E-state index >= 15 is 0 Å². The molecule has 0 aromatic carbocycles. The van der Waals surface area contributed by atoms with Gasteiger partial charge in [-0.1, -0.05) is 6.92 Å². The van der Waals surface area contributed by atoms with E-state index in [4.69, 9.17) is 24.4 Å². The van der Waals surface area contributed by atoms with Gasteiger partial charge in [0.15, 0.2) is 17.2 Å². The van der Waals surface area contributed by atoms with Crippen LogP contribution in [0.4, 0.5) is 10.6 Å². The van der Waals surface area contributed by atoms with E-state index in [1.807, 2.05) is 38.1 Å². The van der Waals surface area contributed by atoms with Crippen LogP contribution in [0.25, 0.3) is 5.52 Å². The van der Waals surface area contributed by atoms with Crippen LogP contribution in [0.2, 0.25) is 0 Å². The molecule has 0 radical (unpaired) electrons. The lowest BCUT2D eigenvalue weighted by Gasteiger charge is -2.22. The Morgan fingerprint density at radius 2 is 2.17 bits per heavy atom. The highest BCUT2D eigenvalue weighted by atomic mass is 16.7. The predicted octanol–water partition coefficient (Wildman–Crippen LogP) is 2.72. The summed E-state index contributed by atoms with van der Waals surface area (Å²) in [6.07, 6.45) is 3.37. The third-order valence-corrected chi connectivity index (χ3v) is 4.88. The fraction of sp³-hybridized carbons (Fsp3) is 0.609. The van der Waals surface area contributed by atoms with Gasteiger partial charge < -0.3 is 29.3 Å². The number of aromatic nitrogens is 3. The number of fused-ring (bicyclic) bond motifs is 1. The molecule has 3 rings (SSSR count). The Balaban J connectivity index is 0.000000784. The van der Waals surface area contributed by atoms with Crippen LogP contribution in [0, 0.1) is 11.3 Å². The average Bonchev–Trinajstić information content (AvgIpc) is 3.40. The second-order valence-corrected chi connectivity index (χ2v) is 8.97. The summed E-state index contributed by atoms with van der Waals surface area (Å²) in [5.41, 5.74) is 0.299. The quantitative estimate of drug-likeness (QED) is 0.256. The fourth-order valence-corrected chi connectivity index (χ4v) is 3.09. The minimum Gasteiger partial charge on any atom is -0.431 e. The molecule has 3 unspecified atom stereocenters. The molecule has 0 bridgehead atoms. The maximum atomic E-state index is 11.8. The molecule has 0 aliphatic carbocycles. The first kappa shape index (κ1) is 28.0. The topological polar surface area (TPSA) is 155 Å². The number of aliphatic imine (C=N–C) groups is 1. The van der Waals surface area contributed by atoms with Crippen LogP contribution < -0.4 is 0 Å². The Bertz CT molecular complexity index is 1050. The molecule has 12 heteroatoms. The zero-order valence-corrected chi connectivity index (χ0v) is 21.0. The van der Waals surface area contributed by atoms with Gasteiger partial charge in [0.25, 0.3) is 0 Å². The number of aliphatic hydroxyl groups is 2. The van der Waals surface area contributed by atoms with Gasteiger partial charge >= 0.3 is 6.16 Å². The van der Waals surface area contributed by atoms with E-state index < -0.39 is 17.5 Å². The molecule has 1 aliphatic heterocycles. The van der Waals surface area contributed by atoms with Gasteiger partial charge in [-0.2, -0.15) is 10.4 Å². The molecular weight excluding hydrogens is 456 g/mol. The summed E-state index contributed by atoms with van der Waals surface area (Å²) in [7, 11) is 3.75. The number of nitrogens with zero attached hydrogens (tertiary/aromatic N) is 6. The van der Waals surface area contributed by atoms with Gasteiger partial charge in [0.1, 0.15) is 36.7 Å². The lowest BCUT2D eigenvalue weighted by molar-refractivity contribution is -0.127. The molecule has 12 nitrogen and oxygen atoms in total. The highest BCUT2D eigenvalue weighted by Gasteiger charge is 2.43. The normalized spacial score (nSPS) is 20.7. The molecule has 2 N–H and O–H groups in total. The van der Waals surface area contributed by atoms with E-state index in [2.05, 4.69) is 21.1 Å². The molecule has 0 saturated carbocycles. The zero-order valence-electron chi connectivity index (χ0n) is 21.0. The van der Waals surface area contributed by atoms with Crippen LogP contribution in [0.1, 0.15) is 58.8 Å². The van der Waals surface area contributed by atoms with E-state index in [0.29, 0.717) is 25.1 Å². The molecule has 0 spiro atoms. The Labute approximate surface area is 204 Å². The third kappa shape index (κ3) is 8.47. The summed E-state index contributed by atoms with van der Waals surface area (Å²) in [6.45, 7) is 6.09. The SMILES string of the molecule is CC(C)(O)O.CCC(C)OC(=O)OCC1(C#N)CCC(c2ccc3c(N=CN(C)C)ncnn23)O1. The van der Waals surface area contributed by atoms with Crippen molar-refractivity contribution in [3.63, 3.8) is 0 Å². The van der Waals surface area contributed by atoms with Gasteiger partial charge in [-0.3, -0.25) is 0 Å². The lowest BCUT2D eigenvalue weighted by Crippen LogP contribution is -2.34. The number of carbonyl (C=O) groups excluding carboxylic acids is 1. The lowest BCUT2D eigenvalue weighted by atomic mass is 10.0. The largest absolute Gasteiger partial charge is 0.508 e. The van der Waals surface area contributed by atoms with E-state index in [1.165, 1.54) is 20.2 Å². The fourth-order valence-electron chi connectivity index (χ4n) is 3.09. The molecule has 1 saturated heterocycles. The van der Waals surface area contributed by atoms with Crippen molar-refractivity contribution in [1.29, 1.82) is 5.26 Å². The van der Waals surface area contributed by atoms with Crippen LogP contribution in [-0.4, -0.2) is 80.4 Å².